The molecule has 13 heteroatoms. The van der Waals surface area contributed by atoms with Crippen molar-refractivity contribution >= 4 is 26.2 Å². The van der Waals surface area contributed by atoms with E-state index in [0.717, 1.165) is 0 Å². The summed E-state index contributed by atoms with van der Waals surface area (Å²) in [5.74, 6) is -2.02. The molecule has 8 atom stereocenters. The first-order valence-electron chi connectivity index (χ1n) is 21.2. The predicted molar refractivity (Wildman–Crippen MR) is 232 cm³/mol. The van der Waals surface area contributed by atoms with Crippen LogP contribution in [-0.2, 0) is 18.3 Å². The van der Waals surface area contributed by atoms with Crippen molar-refractivity contribution in [2.75, 3.05) is 6.61 Å². The molecule has 0 amide bonds. The van der Waals surface area contributed by atoms with Crippen molar-refractivity contribution < 1.29 is 37.1 Å². The number of aromatic nitrogens is 1. The van der Waals surface area contributed by atoms with Crippen molar-refractivity contribution in [1.29, 1.82) is 5.26 Å². The van der Waals surface area contributed by atoms with Gasteiger partial charge >= 0.3 is 26.1 Å². The number of carbonyl (C=O) groups excluding carboxylic acids is 2. The summed E-state index contributed by atoms with van der Waals surface area (Å²) in [6.45, 7) is 27.2. The van der Waals surface area contributed by atoms with Gasteiger partial charge in [0.1, 0.15) is 29.3 Å². The minimum atomic E-state index is -2.91. The summed E-state index contributed by atoms with van der Waals surface area (Å²) in [5.41, 5.74) is -1.68. The van der Waals surface area contributed by atoms with E-state index in [0.29, 0.717) is 42.7 Å². The second kappa shape index (κ2) is 15.0. The molecule has 0 N–H and O–H groups in total. The molecule has 0 bridgehead atoms. The fraction of sp³-hybridized carbons (Fsp3) is 0.469. The van der Waals surface area contributed by atoms with Gasteiger partial charge in [0, 0.05) is 52.0 Å². The van der Waals surface area contributed by atoms with Crippen LogP contribution in [0.5, 0.6) is 5.75 Å². The monoisotopic (exact) mass is 855 g/mol. The molecule has 2 saturated carbocycles. The van der Waals surface area contributed by atoms with Gasteiger partial charge in [-0.25, -0.2) is 19.2 Å². The van der Waals surface area contributed by atoms with Crippen LogP contribution in [0.1, 0.15) is 120 Å². The summed E-state index contributed by atoms with van der Waals surface area (Å²) in [5, 5.41) is 8.95. The van der Waals surface area contributed by atoms with E-state index in [2.05, 4.69) is 71.3 Å². The molecule has 2 aliphatic carbocycles. The van der Waals surface area contributed by atoms with E-state index in [1.807, 2.05) is 6.92 Å². The molecule has 0 radical (unpaired) electrons. The van der Waals surface area contributed by atoms with E-state index in [9.17, 15) is 19.6 Å². The summed E-state index contributed by atoms with van der Waals surface area (Å²) >= 11 is 0. The largest absolute Gasteiger partial charge is 0.482 e. The SMILES string of the molecule is [C-]#[N+]c1ccc(C(=O)OC2c3c(cc(-c4cccnc4)oc3=O)O[C@@]3(C)C2[C@@]2(C)CC[C@@H]4O[Si](C(C)(C)C)(C(C)(C)C)OC[C@@]4(C)C2C[C@@H]3OC(=O)c2ccc(C#N)cc2)cc1. The minimum absolute atomic E-state index is 0.0422. The molecular weight excluding hydrogens is 803 g/mol. The number of benzene rings is 2. The van der Waals surface area contributed by atoms with Crippen molar-refractivity contribution in [1.82, 2.24) is 4.98 Å². The van der Waals surface area contributed by atoms with Crippen molar-refractivity contribution in [3.05, 3.63) is 123 Å². The molecule has 3 fully saturated rings. The molecule has 322 valence electrons. The molecule has 8 rings (SSSR count). The number of hydrogen-bond acceptors (Lipinski definition) is 11. The molecule has 3 unspecified atom stereocenters. The first kappa shape index (κ1) is 43.1. The Kier molecular flexibility index (Phi) is 10.4. The minimum Gasteiger partial charge on any atom is -0.482 e. The van der Waals surface area contributed by atoms with Crippen molar-refractivity contribution in [3.63, 3.8) is 0 Å². The summed E-state index contributed by atoms with van der Waals surface area (Å²) in [7, 11) is -2.91. The fourth-order valence-electron chi connectivity index (χ4n) is 11.6. The van der Waals surface area contributed by atoms with Crippen LogP contribution in [0.25, 0.3) is 16.2 Å². The molecule has 4 aromatic rings. The lowest BCUT2D eigenvalue weighted by atomic mass is 9.42. The Balaban J connectivity index is 1.31. The van der Waals surface area contributed by atoms with Crippen LogP contribution in [0.2, 0.25) is 10.1 Å². The standard InChI is InChI=1S/C49H53N3O9Si/c1-45(2,3)62(46(4,5)6)56-28-48(8)36-25-38(58-42(53)30-15-13-29(26-50)14-16-30)49(9)41(47(36,7)22-21-37(48)61-62)40(59-43(54)31-17-19-33(51-10)20-18-31)39-35(60-49)24-34(57-44(39)55)32-12-11-23-52-27-32/h11-20,23-24,27,36-38,40-41H,21-22,25,28H2,1-9H3/t36?,37-,38-,40?,41?,47-,48-,49+/m0/s1. The number of nitriles is 1. The molecule has 2 aliphatic heterocycles. The summed E-state index contributed by atoms with van der Waals surface area (Å²) in [6, 6.07) is 19.6. The van der Waals surface area contributed by atoms with Gasteiger partial charge in [0.25, 0.3) is 0 Å². The number of carbonyl (C=O) groups is 2. The zero-order valence-corrected chi connectivity index (χ0v) is 37.7. The van der Waals surface area contributed by atoms with Crippen molar-refractivity contribution in [2.45, 2.75) is 116 Å². The smallest absolute Gasteiger partial charge is 0.349 e. The van der Waals surface area contributed by atoms with Crippen LogP contribution < -0.4 is 10.4 Å². The molecule has 4 heterocycles. The second-order valence-electron chi connectivity index (χ2n) is 20.1. The number of rotatable bonds is 5. The van der Waals surface area contributed by atoms with E-state index >= 15 is 0 Å². The Morgan fingerprint density at radius 3 is 2.18 bits per heavy atom. The van der Waals surface area contributed by atoms with Crippen LogP contribution in [0.3, 0.4) is 0 Å². The third-order valence-corrected chi connectivity index (χ3v) is 19.5. The van der Waals surface area contributed by atoms with E-state index in [4.69, 9.17) is 34.1 Å². The number of ether oxygens (including phenoxy) is 3. The highest BCUT2D eigenvalue weighted by atomic mass is 28.4. The van der Waals surface area contributed by atoms with Gasteiger partial charge in [-0.1, -0.05) is 79.7 Å². The first-order chi connectivity index (χ1) is 29.2. The van der Waals surface area contributed by atoms with Crippen LogP contribution in [0, 0.1) is 40.6 Å². The maximum Gasteiger partial charge on any atom is 0.349 e. The predicted octanol–water partition coefficient (Wildman–Crippen LogP) is 10.3. The Hall–Kier alpha value is -5.60. The van der Waals surface area contributed by atoms with Gasteiger partial charge < -0.3 is 27.5 Å². The van der Waals surface area contributed by atoms with Gasteiger partial charge in [0.15, 0.2) is 11.3 Å². The molecular formula is C49H53N3O9Si. The highest BCUT2D eigenvalue weighted by molar-refractivity contribution is 6.73. The number of nitrogens with zero attached hydrogens (tertiary/aromatic N) is 3. The van der Waals surface area contributed by atoms with Gasteiger partial charge in [0.2, 0.25) is 0 Å². The quantitative estimate of drug-likeness (QED) is 0.107. The highest BCUT2D eigenvalue weighted by Gasteiger charge is 2.74. The Morgan fingerprint density at radius 1 is 0.935 bits per heavy atom. The number of pyridine rings is 1. The molecule has 1 saturated heterocycles. The van der Waals surface area contributed by atoms with E-state index < -0.39 is 60.7 Å². The number of hydrogen-bond donors (Lipinski definition) is 0. The van der Waals surface area contributed by atoms with Gasteiger partial charge in [-0.15, -0.1) is 0 Å². The third-order valence-electron chi connectivity index (χ3n) is 14.3. The number of esters is 2. The highest BCUT2D eigenvalue weighted by Crippen LogP contribution is 2.70. The lowest BCUT2D eigenvalue weighted by molar-refractivity contribution is -0.270. The summed E-state index contributed by atoms with van der Waals surface area (Å²) in [6.07, 6.45) is 2.42. The van der Waals surface area contributed by atoms with E-state index in [1.165, 1.54) is 12.1 Å². The second-order valence-corrected chi connectivity index (χ2v) is 24.9. The van der Waals surface area contributed by atoms with Crippen LogP contribution in [-0.4, -0.2) is 49.9 Å². The molecule has 12 nitrogen and oxygen atoms in total. The van der Waals surface area contributed by atoms with Crippen molar-refractivity contribution in [2.24, 2.45) is 22.7 Å². The zero-order chi connectivity index (χ0) is 44.6. The maximum absolute atomic E-state index is 14.5. The Labute approximate surface area is 363 Å². The van der Waals surface area contributed by atoms with Gasteiger partial charge in [0.05, 0.1) is 35.4 Å². The molecule has 0 spiro atoms. The number of fused-ring (bicyclic) bond motifs is 6. The van der Waals surface area contributed by atoms with Gasteiger partial charge in [-0.2, -0.15) is 5.26 Å². The van der Waals surface area contributed by atoms with E-state index in [1.54, 1.807) is 67.0 Å². The maximum atomic E-state index is 14.5. The Morgan fingerprint density at radius 2 is 1.58 bits per heavy atom. The summed E-state index contributed by atoms with van der Waals surface area (Å²) in [4.78, 5) is 50.9. The topological polar surface area (TPSA) is 152 Å². The molecule has 2 aromatic carbocycles. The fourth-order valence-corrected chi connectivity index (χ4v) is 16.8. The van der Waals surface area contributed by atoms with Crippen LogP contribution in [0.15, 0.2) is 88.3 Å². The normalized spacial score (nSPS) is 29.8. The molecule has 4 aliphatic rings. The van der Waals surface area contributed by atoms with Gasteiger partial charge in [-0.05, 0) is 73.9 Å². The van der Waals surface area contributed by atoms with Crippen molar-refractivity contribution in [3.8, 4) is 23.1 Å². The lowest BCUT2D eigenvalue weighted by Gasteiger charge is -2.69. The first-order valence-corrected chi connectivity index (χ1v) is 23.0. The molecule has 2 aromatic heterocycles. The lowest BCUT2D eigenvalue weighted by Crippen LogP contribution is -2.74. The van der Waals surface area contributed by atoms with Crippen LogP contribution >= 0.6 is 0 Å². The third kappa shape index (κ3) is 6.77. The average molecular weight is 856 g/mol. The Bertz CT molecular complexity index is 2540. The van der Waals surface area contributed by atoms with Crippen LogP contribution in [0.4, 0.5) is 5.69 Å². The average Bonchev–Trinajstić information content (AvgIpc) is 3.23. The summed E-state index contributed by atoms with van der Waals surface area (Å²) < 4.78 is 41.0. The van der Waals surface area contributed by atoms with Gasteiger partial charge in [-0.3, -0.25) is 4.98 Å². The molecule has 62 heavy (non-hydrogen) atoms. The zero-order valence-electron chi connectivity index (χ0n) is 36.7. The van der Waals surface area contributed by atoms with E-state index in [-0.39, 0.29) is 50.3 Å².